The Morgan fingerprint density at radius 2 is 2.16 bits per heavy atom. The second-order valence-corrected chi connectivity index (χ2v) is 3.94. The van der Waals surface area contributed by atoms with Gasteiger partial charge in [-0.05, 0) is 12.1 Å². The van der Waals surface area contributed by atoms with Crippen LogP contribution in [0.25, 0.3) is 11.3 Å². The number of rotatable bonds is 3. The average Bonchev–Trinajstić information content (AvgIpc) is 2.37. The fraction of sp³-hybridized carbons (Fsp3) is 0.0909. The van der Waals surface area contributed by atoms with E-state index in [0.29, 0.717) is 11.3 Å². The van der Waals surface area contributed by atoms with Gasteiger partial charge in [-0.2, -0.15) is 0 Å². The molecule has 0 atom stereocenters. The Morgan fingerprint density at radius 3 is 2.74 bits per heavy atom. The lowest BCUT2D eigenvalue weighted by Gasteiger charge is -2.08. The van der Waals surface area contributed by atoms with Gasteiger partial charge in [-0.25, -0.2) is 9.97 Å². The maximum atomic E-state index is 10.7. The number of ether oxygens (including phenoxy) is 1. The Kier molecular flexibility index (Phi) is 3.48. The molecule has 0 aliphatic heterocycles. The van der Waals surface area contributed by atoms with E-state index < -0.39 is 4.92 Å². The second kappa shape index (κ2) is 5.07. The third-order valence-corrected chi connectivity index (χ3v) is 2.73. The van der Waals surface area contributed by atoms with Crippen LogP contribution in [-0.2, 0) is 0 Å². The summed E-state index contributed by atoms with van der Waals surface area (Å²) in [6.07, 6.45) is 1.28. The van der Waals surface area contributed by atoms with Crippen LogP contribution < -0.4 is 10.5 Å². The van der Waals surface area contributed by atoms with Crippen molar-refractivity contribution in [2.75, 3.05) is 12.8 Å². The number of nitrogens with zero attached hydrogens (tertiary/aromatic N) is 3. The van der Waals surface area contributed by atoms with Crippen molar-refractivity contribution in [3.8, 4) is 17.0 Å². The molecule has 0 unspecified atom stereocenters. The number of methoxy groups -OCH3 is 1. The van der Waals surface area contributed by atoms with Crippen LogP contribution in [0.4, 0.5) is 11.4 Å². The van der Waals surface area contributed by atoms with Crippen molar-refractivity contribution in [3.63, 3.8) is 0 Å². The van der Waals surface area contributed by atoms with E-state index in [1.165, 1.54) is 31.6 Å². The van der Waals surface area contributed by atoms with Gasteiger partial charge in [-0.1, -0.05) is 11.6 Å². The molecule has 0 aliphatic rings. The summed E-state index contributed by atoms with van der Waals surface area (Å²) in [7, 11) is 1.43. The summed E-state index contributed by atoms with van der Waals surface area (Å²) in [5, 5.41) is 10.9. The van der Waals surface area contributed by atoms with Crippen molar-refractivity contribution in [2.24, 2.45) is 0 Å². The first-order valence-corrected chi connectivity index (χ1v) is 5.51. The standard InChI is InChI=1S/C11H9ClN4O3/c1-19-10-9(14-5-15-11(10)12)6-2-3-8(16(17)18)7(13)4-6/h2-5H,13H2,1H3. The zero-order valence-electron chi connectivity index (χ0n) is 9.83. The van der Waals surface area contributed by atoms with Gasteiger partial charge in [0.05, 0.1) is 12.0 Å². The summed E-state index contributed by atoms with van der Waals surface area (Å²) >= 11 is 5.89. The number of anilines is 1. The summed E-state index contributed by atoms with van der Waals surface area (Å²) in [6.45, 7) is 0. The molecule has 1 aromatic heterocycles. The molecule has 0 fully saturated rings. The van der Waals surface area contributed by atoms with Gasteiger partial charge in [0.25, 0.3) is 5.69 Å². The van der Waals surface area contributed by atoms with Crippen molar-refractivity contribution in [3.05, 3.63) is 39.8 Å². The summed E-state index contributed by atoms with van der Waals surface area (Å²) in [4.78, 5) is 18.0. The summed E-state index contributed by atoms with van der Waals surface area (Å²) in [5.41, 5.74) is 6.49. The quantitative estimate of drug-likeness (QED) is 0.400. The maximum absolute atomic E-state index is 10.7. The Labute approximate surface area is 113 Å². The van der Waals surface area contributed by atoms with E-state index in [2.05, 4.69) is 9.97 Å². The molecule has 0 saturated carbocycles. The molecule has 0 bridgehead atoms. The number of hydrogen-bond donors (Lipinski definition) is 1. The zero-order chi connectivity index (χ0) is 14.0. The highest BCUT2D eigenvalue weighted by atomic mass is 35.5. The highest BCUT2D eigenvalue weighted by Gasteiger charge is 2.16. The van der Waals surface area contributed by atoms with Gasteiger partial charge >= 0.3 is 0 Å². The molecule has 0 aliphatic carbocycles. The molecule has 8 heteroatoms. The molecule has 0 amide bonds. The first-order valence-electron chi connectivity index (χ1n) is 5.13. The van der Waals surface area contributed by atoms with E-state index in [1.54, 1.807) is 0 Å². The Bertz CT molecular complexity index is 648. The van der Waals surface area contributed by atoms with Crippen LogP contribution in [-0.4, -0.2) is 22.0 Å². The van der Waals surface area contributed by atoms with Crippen LogP contribution in [0, 0.1) is 10.1 Å². The topological polar surface area (TPSA) is 104 Å². The SMILES string of the molecule is COc1c(Cl)ncnc1-c1ccc([N+](=O)[O-])c(N)c1. The van der Waals surface area contributed by atoms with Crippen LogP contribution in [0.3, 0.4) is 0 Å². The van der Waals surface area contributed by atoms with E-state index in [0.717, 1.165) is 0 Å². The highest BCUT2D eigenvalue weighted by molar-refractivity contribution is 6.31. The fourth-order valence-electron chi connectivity index (χ4n) is 1.61. The summed E-state index contributed by atoms with van der Waals surface area (Å²) in [6, 6.07) is 4.27. The molecule has 0 saturated heterocycles. The van der Waals surface area contributed by atoms with Gasteiger partial charge in [0.2, 0.25) is 0 Å². The Hall–Kier alpha value is -2.41. The van der Waals surface area contributed by atoms with Gasteiger partial charge in [0.1, 0.15) is 17.7 Å². The molecular weight excluding hydrogens is 272 g/mol. The number of hydrogen-bond acceptors (Lipinski definition) is 6. The van der Waals surface area contributed by atoms with Gasteiger partial charge in [0, 0.05) is 11.6 Å². The molecule has 2 N–H and O–H groups in total. The third-order valence-electron chi connectivity index (χ3n) is 2.46. The van der Waals surface area contributed by atoms with E-state index in [1.807, 2.05) is 0 Å². The number of benzene rings is 1. The van der Waals surface area contributed by atoms with Crippen LogP contribution in [0.15, 0.2) is 24.5 Å². The minimum Gasteiger partial charge on any atom is -0.491 e. The molecule has 0 spiro atoms. The van der Waals surface area contributed by atoms with E-state index in [-0.39, 0.29) is 22.3 Å². The third kappa shape index (κ3) is 2.41. The van der Waals surface area contributed by atoms with Crippen molar-refractivity contribution in [1.82, 2.24) is 9.97 Å². The van der Waals surface area contributed by atoms with Crippen LogP contribution >= 0.6 is 11.6 Å². The molecular formula is C11H9ClN4O3. The van der Waals surface area contributed by atoms with Gasteiger partial charge in [-0.15, -0.1) is 0 Å². The molecule has 2 aromatic rings. The van der Waals surface area contributed by atoms with Crippen molar-refractivity contribution >= 4 is 23.0 Å². The predicted octanol–water partition coefficient (Wildman–Crippen LogP) is 2.30. The molecule has 1 heterocycles. The number of nitro benzene ring substituents is 1. The number of nitro groups is 1. The lowest BCUT2D eigenvalue weighted by atomic mass is 10.1. The second-order valence-electron chi connectivity index (χ2n) is 3.58. The van der Waals surface area contributed by atoms with E-state index in [9.17, 15) is 10.1 Å². The number of nitrogens with two attached hydrogens (primary N) is 1. The van der Waals surface area contributed by atoms with Crippen LogP contribution in [0.2, 0.25) is 5.15 Å². The zero-order valence-corrected chi connectivity index (χ0v) is 10.6. The maximum Gasteiger partial charge on any atom is 0.292 e. The minimum atomic E-state index is -0.552. The smallest absolute Gasteiger partial charge is 0.292 e. The predicted molar refractivity (Wildman–Crippen MR) is 70.1 cm³/mol. The van der Waals surface area contributed by atoms with Gasteiger partial charge < -0.3 is 10.5 Å². The van der Waals surface area contributed by atoms with Crippen molar-refractivity contribution < 1.29 is 9.66 Å². The van der Waals surface area contributed by atoms with Crippen LogP contribution in [0.5, 0.6) is 5.75 Å². The van der Waals surface area contributed by atoms with E-state index >= 15 is 0 Å². The number of aromatic nitrogens is 2. The first-order chi connectivity index (χ1) is 9.04. The van der Waals surface area contributed by atoms with E-state index in [4.69, 9.17) is 22.1 Å². The normalized spacial score (nSPS) is 10.2. The van der Waals surface area contributed by atoms with Crippen LogP contribution in [0.1, 0.15) is 0 Å². The minimum absolute atomic E-state index is 0.0410. The highest BCUT2D eigenvalue weighted by Crippen LogP contribution is 2.35. The lowest BCUT2D eigenvalue weighted by Crippen LogP contribution is -1.98. The monoisotopic (exact) mass is 280 g/mol. The largest absolute Gasteiger partial charge is 0.491 e. The lowest BCUT2D eigenvalue weighted by molar-refractivity contribution is -0.383. The molecule has 1 aromatic carbocycles. The molecule has 98 valence electrons. The fourth-order valence-corrected chi connectivity index (χ4v) is 1.82. The average molecular weight is 281 g/mol. The van der Waals surface area contributed by atoms with Gasteiger partial charge in [-0.3, -0.25) is 10.1 Å². The Balaban J connectivity index is 2.57. The first kappa shape index (κ1) is 13.0. The number of halogens is 1. The van der Waals surface area contributed by atoms with Gasteiger partial charge in [0.15, 0.2) is 10.9 Å². The molecule has 0 radical (unpaired) electrons. The summed E-state index contributed by atoms with van der Waals surface area (Å²) < 4.78 is 5.12. The number of nitrogen functional groups attached to an aromatic ring is 1. The van der Waals surface area contributed by atoms with Crippen molar-refractivity contribution in [1.29, 1.82) is 0 Å². The molecule has 7 nitrogen and oxygen atoms in total. The molecule has 19 heavy (non-hydrogen) atoms. The Morgan fingerprint density at radius 1 is 1.42 bits per heavy atom. The molecule has 2 rings (SSSR count). The van der Waals surface area contributed by atoms with Crippen molar-refractivity contribution in [2.45, 2.75) is 0 Å². The summed E-state index contributed by atoms with van der Waals surface area (Å²) in [5.74, 6) is 0.289.